The number of hydrogen-bond donors (Lipinski definition) is 3. The lowest BCUT2D eigenvalue weighted by atomic mass is 10.1. The summed E-state index contributed by atoms with van der Waals surface area (Å²) in [6.45, 7) is 1.92. The third-order valence-corrected chi connectivity index (χ3v) is 3.88. The molecule has 0 bridgehead atoms. The SMILES string of the molecule is Cc1ccc(C(=O)NC(NC(=S)Nc2cncnc2)C(Cl)(Cl)Cl)cc1. The maximum absolute atomic E-state index is 12.3. The molecule has 1 atom stereocenters. The van der Waals surface area contributed by atoms with Crippen molar-refractivity contribution in [3.05, 3.63) is 54.1 Å². The van der Waals surface area contributed by atoms with Crippen molar-refractivity contribution < 1.29 is 4.79 Å². The van der Waals surface area contributed by atoms with Crippen molar-refractivity contribution in [2.75, 3.05) is 5.32 Å². The average Bonchev–Trinajstić information content (AvgIpc) is 2.54. The number of alkyl halides is 3. The molecule has 6 nitrogen and oxygen atoms in total. The number of amides is 1. The Labute approximate surface area is 165 Å². The fraction of sp³-hybridized carbons (Fsp3) is 0.200. The topological polar surface area (TPSA) is 78.9 Å². The molecule has 25 heavy (non-hydrogen) atoms. The summed E-state index contributed by atoms with van der Waals surface area (Å²) in [6.07, 6.45) is 3.37. The summed E-state index contributed by atoms with van der Waals surface area (Å²) in [5.74, 6) is -0.408. The summed E-state index contributed by atoms with van der Waals surface area (Å²) in [5, 5.41) is 8.33. The van der Waals surface area contributed by atoms with Gasteiger partial charge in [-0.05, 0) is 31.3 Å². The van der Waals surface area contributed by atoms with Crippen LogP contribution in [0.15, 0.2) is 43.0 Å². The zero-order chi connectivity index (χ0) is 18.4. The standard InChI is InChI=1S/C15H14Cl3N5OS/c1-9-2-4-10(5-3-9)12(24)22-13(15(16,17)18)23-14(25)21-11-6-19-8-20-7-11/h2-8,13H,1H3,(H,22,24)(H2,21,23,25). The first-order valence-corrected chi connectivity index (χ1v) is 8.56. The molecular weight excluding hydrogens is 405 g/mol. The molecule has 1 amide bonds. The van der Waals surface area contributed by atoms with Gasteiger partial charge < -0.3 is 16.0 Å². The summed E-state index contributed by atoms with van der Waals surface area (Å²) >= 11 is 23.0. The molecule has 0 aliphatic heterocycles. The zero-order valence-electron chi connectivity index (χ0n) is 13.0. The first kappa shape index (κ1) is 19.7. The van der Waals surface area contributed by atoms with Gasteiger partial charge in [0.25, 0.3) is 5.91 Å². The van der Waals surface area contributed by atoms with E-state index < -0.39 is 15.9 Å². The summed E-state index contributed by atoms with van der Waals surface area (Å²) in [4.78, 5) is 20.0. The van der Waals surface area contributed by atoms with Crippen molar-refractivity contribution in [1.82, 2.24) is 20.6 Å². The van der Waals surface area contributed by atoms with E-state index in [1.54, 1.807) is 12.1 Å². The number of rotatable bonds is 4. The van der Waals surface area contributed by atoms with Crippen molar-refractivity contribution in [1.29, 1.82) is 0 Å². The maximum Gasteiger partial charge on any atom is 0.252 e. The molecule has 0 aliphatic rings. The molecular formula is C15H14Cl3N5OS. The molecule has 132 valence electrons. The Balaban J connectivity index is 2.04. The Hall–Kier alpha value is -1.67. The van der Waals surface area contributed by atoms with E-state index in [-0.39, 0.29) is 5.11 Å². The summed E-state index contributed by atoms with van der Waals surface area (Å²) in [5.41, 5.74) is 2.01. The van der Waals surface area contributed by atoms with Crippen molar-refractivity contribution in [3.8, 4) is 0 Å². The van der Waals surface area contributed by atoms with Gasteiger partial charge in [0.05, 0.1) is 18.1 Å². The molecule has 2 rings (SSSR count). The number of carbonyl (C=O) groups is 1. The van der Waals surface area contributed by atoms with E-state index in [1.807, 2.05) is 19.1 Å². The number of aromatic nitrogens is 2. The second kappa shape index (κ2) is 8.62. The molecule has 10 heteroatoms. The Morgan fingerprint density at radius 3 is 2.28 bits per heavy atom. The highest BCUT2D eigenvalue weighted by Gasteiger charge is 2.34. The predicted molar refractivity (Wildman–Crippen MR) is 104 cm³/mol. The monoisotopic (exact) mass is 417 g/mol. The van der Waals surface area contributed by atoms with Gasteiger partial charge in [0.2, 0.25) is 3.79 Å². The van der Waals surface area contributed by atoms with E-state index >= 15 is 0 Å². The molecule has 1 heterocycles. The number of anilines is 1. The number of nitrogens with zero attached hydrogens (tertiary/aromatic N) is 2. The van der Waals surface area contributed by atoms with E-state index in [1.165, 1.54) is 18.7 Å². The van der Waals surface area contributed by atoms with Crippen LogP contribution in [-0.2, 0) is 0 Å². The molecule has 0 fully saturated rings. The number of aryl methyl sites for hydroxylation is 1. The molecule has 0 radical (unpaired) electrons. The predicted octanol–water partition coefficient (Wildman–Crippen LogP) is 3.20. The number of benzene rings is 1. The van der Waals surface area contributed by atoms with Gasteiger partial charge >= 0.3 is 0 Å². The number of halogens is 3. The largest absolute Gasteiger partial charge is 0.339 e. The Kier molecular flexibility index (Phi) is 6.78. The fourth-order valence-electron chi connectivity index (χ4n) is 1.78. The third kappa shape index (κ3) is 6.28. The highest BCUT2D eigenvalue weighted by molar-refractivity contribution is 7.80. The zero-order valence-corrected chi connectivity index (χ0v) is 16.0. The fourth-order valence-corrected chi connectivity index (χ4v) is 2.34. The van der Waals surface area contributed by atoms with Crippen LogP contribution in [0.1, 0.15) is 15.9 Å². The second-order valence-corrected chi connectivity index (χ2v) is 7.82. The van der Waals surface area contributed by atoms with E-state index in [2.05, 4.69) is 25.9 Å². The number of thiocarbonyl (C=S) groups is 1. The lowest BCUT2D eigenvalue weighted by Gasteiger charge is -2.27. The average molecular weight is 419 g/mol. The Morgan fingerprint density at radius 1 is 1.12 bits per heavy atom. The number of carbonyl (C=O) groups excluding carboxylic acids is 1. The molecule has 0 saturated carbocycles. The summed E-state index contributed by atoms with van der Waals surface area (Å²) in [6, 6.07) is 6.98. The normalized spacial score (nSPS) is 12.2. The van der Waals surface area contributed by atoms with Crippen molar-refractivity contribution in [2.24, 2.45) is 0 Å². The van der Waals surface area contributed by atoms with Gasteiger partial charge in [0.1, 0.15) is 12.5 Å². The molecule has 3 N–H and O–H groups in total. The minimum Gasteiger partial charge on any atom is -0.339 e. The second-order valence-electron chi connectivity index (χ2n) is 5.04. The van der Waals surface area contributed by atoms with Gasteiger partial charge in [-0.3, -0.25) is 4.79 Å². The minimum absolute atomic E-state index is 0.135. The molecule has 0 spiro atoms. The van der Waals surface area contributed by atoms with Gasteiger partial charge in [-0.1, -0.05) is 52.5 Å². The lowest BCUT2D eigenvalue weighted by Crippen LogP contribution is -2.56. The number of hydrogen-bond acceptors (Lipinski definition) is 4. The van der Waals surface area contributed by atoms with Gasteiger partial charge in [-0.2, -0.15) is 0 Å². The molecule has 1 aromatic carbocycles. The molecule has 0 saturated heterocycles. The summed E-state index contributed by atoms with van der Waals surface area (Å²) < 4.78 is -1.83. The molecule has 1 aromatic heterocycles. The summed E-state index contributed by atoms with van der Waals surface area (Å²) in [7, 11) is 0. The first-order chi connectivity index (χ1) is 11.8. The lowest BCUT2D eigenvalue weighted by molar-refractivity contribution is 0.0934. The van der Waals surface area contributed by atoms with E-state index in [9.17, 15) is 4.79 Å². The van der Waals surface area contributed by atoms with Gasteiger partial charge in [0, 0.05) is 5.56 Å². The maximum atomic E-state index is 12.3. The quantitative estimate of drug-likeness (QED) is 0.402. The highest BCUT2D eigenvalue weighted by atomic mass is 35.6. The third-order valence-electron chi connectivity index (χ3n) is 3.01. The van der Waals surface area contributed by atoms with Crippen LogP contribution in [-0.4, -0.2) is 30.9 Å². The molecule has 0 aliphatic carbocycles. The minimum atomic E-state index is -1.83. The van der Waals surface area contributed by atoms with Crippen LogP contribution in [0.5, 0.6) is 0 Å². The van der Waals surface area contributed by atoms with Crippen LogP contribution in [0.3, 0.4) is 0 Å². The molecule has 1 unspecified atom stereocenters. The van der Waals surface area contributed by atoms with Gasteiger partial charge in [-0.25, -0.2) is 9.97 Å². The van der Waals surface area contributed by atoms with Crippen molar-refractivity contribution in [2.45, 2.75) is 16.9 Å². The van der Waals surface area contributed by atoms with Gasteiger partial charge in [0.15, 0.2) is 5.11 Å². The highest BCUT2D eigenvalue weighted by Crippen LogP contribution is 2.29. The van der Waals surface area contributed by atoms with Crippen LogP contribution < -0.4 is 16.0 Å². The van der Waals surface area contributed by atoms with Crippen LogP contribution in [0.25, 0.3) is 0 Å². The van der Waals surface area contributed by atoms with Crippen LogP contribution >= 0.6 is 47.0 Å². The van der Waals surface area contributed by atoms with Crippen LogP contribution in [0, 0.1) is 6.92 Å². The Bertz CT molecular complexity index is 737. The first-order valence-electron chi connectivity index (χ1n) is 7.02. The Morgan fingerprint density at radius 2 is 1.72 bits per heavy atom. The van der Waals surface area contributed by atoms with Crippen molar-refractivity contribution >= 4 is 63.7 Å². The van der Waals surface area contributed by atoms with Gasteiger partial charge in [-0.15, -0.1) is 0 Å². The van der Waals surface area contributed by atoms with E-state index in [0.717, 1.165) is 5.56 Å². The van der Waals surface area contributed by atoms with E-state index in [0.29, 0.717) is 11.3 Å². The van der Waals surface area contributed by atoms with E-state index in [4.69, 9.17) is 47.0 Å². The van der Waals surface area contributed by atoms with Crippen LogP contribution in [0.4, 0.5) is 5.69 Å². The van der Waals surface area contributed by atoms with Crippen LogP contribution in [0.2, 0.25) is 0 Å². The number of nitrogens with one attached hydrogen (secondary N) is 3. The van der Waals surface area contributed by atoms with Crippen molar-refractivity contribution in [3.63, 3.8) is 0 Å². The molecule has 2 aromatic rings. The smallest absolute Gasteiger partial charge is 0.252 e.